The van der Waals surface area contributed by atoms with E-state index in [0.29, 0.717) is 11.6 Å². The summed E-state index contributed by atoms with van der Waals surface area (Å²) in [4.78, 5) is 16.2. The standard InChI is InChI=1S/C12H11N3OS/c1-8-6-7-11(16)15(14-8)12-13-9-4-2-3-5-10(9)17-12/h2-5H,6-7H2,1H3. The van der Waals surface area contributed by atoms with Gasteiger partial charge in [-0.3, -0.25) is 4.79 Å². The Kier molecular flexibility index (Phi) is 2.40. The van der Waals surface area contributed by atoms with Gasteiger partial charge in [-0.2, -0.15) is 10.1 Å². The molecule has 1 amide bonds. The number of aromatic nitrogens is 1. The molecule has 2 heterocycles. The third-order valence-corrected chi connectivity index (χ3v) is 3.68. The Labute approximate surface area is 103 Å². The molecule has 4 nitrogen and oxygen atoms in total. The fraction of sp³-hybridized carbons (Fsp3) is 0.250. The van der Waals surface area contributed by atoms with Gasteiger partial charge in [0.1, 0.15) is 0 Å². The van der Waals surface area contributed by atoms with Crippen molar-refractivity contribution in [3.8, 4) is 0 Å². The number of hydrazone groups is 1. The number of para-hydroxylation sites is 1. The van der Waals surface area contributed by atoms with Gasteiger partial charge >= 0.3 is 0 Å². The maximum absolute atomic E-state index is 11.8. The van der Waals surface area contributed by atoms with Crippen molar-refractivity contribution in [1.82, 2.24) is 4.98 Å². The van der Waals surface area contributed by atoms with E-state index in [1.54, 1.807) is 0 Å². The monoisotopic (exact) mass is 245 g/mol. The van der Waals surface area contributed by atoms with Crippen molar-refractivity contribution < 1.29 is 4.79 Å². The Hall–Kier alpha value is -1.75. The van der Waals surface area contributed by atoms with E-state index >= 15 is 0 Å². The van der Waals surface area contributed by atoms with Crippen molar-refractivity contribution in [2.45, 2.75) is 19.8 Å². The second-order valence-electron chi connectivity index (χ2n) is 4.00. The maximum Gasteiger partial charge on any atom is 0.249 e. The molecule has 0 N–H and O–H groups in total. The number of thiazole rings is 1. The molecule has 0 aliphatic carbocycles. The minimum atomic E-state index is 0.0228. The third-order valence-electron chi connectivity index (χ3n) is 2.67. The summed E-state index contributed by atoms with van der Waals surface area (Å²) >= 11 is 1.50. The highest BCUT2D eigenvalue weighted by Gasteiger charge is 2.22. The van der Waals surface area contributed by atoms with Gasteiger partial charge in [0.15, 0.2) is 0 Å². The van der Waals surface area contributed by atoms with Crippen LogP contribution in [0.3, 0.4) is 0 Å². The molecule has 0 bridgehead atoms. The number of fused-ring (bicyclic) bond motifs is 1. The highest BCUT2D eigenvalue weighted by molar-refractivity contribution is 7.22. The molecule has 0 saturated heterocycles. The SMILES string of the molecule is CC1=NN(c2nc3ccccc3s2)C(=O)CC1. The van der Waals surface area contributed by atoms with Crippen LogP contribution < -0.4 is 5.01 Å². The molecule has 86 valence electrons. The summed E-state index contributed by atoms with van der Waals surface area (Å²) in [5, 5.41) is 6.37. The molecule has 0 radical (unpaired) electrons. The second kappa shape index (κ2) is 3.92. The Balaban J connectivity index is 2.08. The van der Waals surface area contributed by atoms with Crippen LogP contribution in [0.25, 0.3) is 10.2 Å². The quantitative estimate of drug-likeness (QED) is 0.775. The predicted octanol–water partition coefficient (Wildman–Crippen LogP) is 2.80. The summed E-state index contributed by atoms with van der Waals surface area (Å²) in [5.41, 5.74) is 1.89. The number of amides is 1. The Morgan fingerprint density at radius 1 is 1.29 bits per heavy atom. The van der Waals surface area contributed by atoms with Gasteiger partial charge in [-0.25, -0.2) is 4.98 Å². The van der Waals surface area contributed by atoms with Gasteiger partial charge in [0.05, 0.1) is 10.2 Å². The lowest BCUT2D eigenvalue weighted by Crippen LogP contribution is -2.30. The van der Waals surface area contributed by atoms with Crippen molar-refractivity contribution in [2.24, 2.45) is 5.10 Å². The van der Waals surface area contributed by atoms with E-state index in [4.69, 9.17) is 0 Å². The highest BCUT2D eigenvalue weighted by Crippen LogP contribution is 2.30. The molecular weight excluding hydrogens is 234 g/mol. The van der Waals surface area contributed by atoms with Crippen molar-refractivity contribution in [2.75, 3.05) is 5.01 Å². The number of nitrogens with zero attached hydrogens (tertiary/aromatic N) is 3. The van der Waals surface area contributed by atoms with Crippen LogP contribution in [0.1, 0.15) is 19.8 Å². The molecule has 1 aliphatic heterocycles. The fourth-order valence-corrected chi connectivity index (χ4v) is 2.70. The zero-order chi connectivity index (χ0) is 11.8. The number of rotatable bonds is 1. The molecule has 1 aliphatic rings. The van der Waals surface area contributed by atoms with Gasteiger partial charge in [-0.05, 0) is 25.5 Å². The number of anilines is 1. The zero-order valence-electron chi connectivity index (χ0n) is 9.38. The van der Waals surface area contributed by atoms with Gasteiger partial charge in [-0.1, -0.05) is 23.5 Å². The van der Waals surface area contributed by atoms with E-state index < -0.39 is 0 Å². The molecule has 0 saturated carbocycles. The first-order chi connectivity index (χ1) is 8.24. The Morgan fingerprint density at radius 3 is 2.94 bits per heavy atom. The zero-order valence-corrected chi connectivity index (χ0v) is 10.2. The lowest BCUT2D eigenvalue weighted by Gasteiger charge is -2.19. The minimum Gasteiger partial charge on any atom is -0.272 e. The molecule has 0 fully saturated rings. The Bertz CT molecular complexity index is 584. The first-order valence-corrected chi connectivity index (χ1v) is 6.28. The van der Waals surface area contributed by atoms with E-state index in [1.807, 2.05) is 31.2 Å². The van der Waals surface area contributed by atoms with Gasteiger partial charge in [0.25, 0.3) is 0 Å². The first-order valence-electron chi connectivity index (χ1n) is 5.46. The minimum absolute atomic E-state index is 0.0228. The number of hydrogen-bond acceptors (Lipinski definition) is 4. The summed E-state index contributed by atoms with van der Waals surface area (Å²) in [6.45, 7) is 1.94. The summed E-state index contributed by atoms with van der Waals surface area (Å²) in [5.74, 6) is 0.0228. The molecule has 0 unspecified atom stereocenters. The van der Waals surface area contributed by atoms with E-state index in [1.165, 1.54) is 16.3 Å². The smallest absolute Gasteiger partial charge is 0.249 e. The first kappa shape index (κ1) is 10.4. The average molecular weight is 245 g/mol. The van der Waals surface area contributed by atoms with E-state index in [2.05, 4.69) is 10.1 Å². The number of hydrogen-bond donors (Lipinski definition) is 0. The molecule has 5 heteroatoms. The van der Waals surface area contributed by atoms with Crippen LogP contribution in [0.5, 0.6) is 0 Å². The molecule has 3 rings (SSSR count). The molecule has 17 heavy (non-hydrogen) atoms. The molecule has 1 aromatic carbocycles. The molecule has 1 aromatic heterocycles. The summed E-state index contributed by atoms with van der Waals surface area (Å²) < 4.78 is 1.08. The van der Waals surface area contributed by atoms with Crippen LogP contribution in [0.2, 0.25) is 0 Å². The van der Waals surface area contributed by atoms with E-state index in [9.17, 15) is 4.79 Å². The second-order valence-corrected chi connectivity index (χ2v) is 5.01. The summed E-state index contributed by atoms with van der Waals surface area (Å²) in [7, 11) is 0. The molecular formula is C12H11N3OS. The molecule has 2 aromatic rings. The molecule has 0 spiro atoms. The highest BCUT2D eigenvalue weighted by atomic mass is 32.1. The van der Waals surface area contributed by atoms with Crippen molar-refractivity contribution >= 4 is 38.3 Å². The van der Waals surface area contributed by atoms with Crippen LogP contribution in [-0.4, -0.2) is 16.6 Å². The normalized spacial score (nSPS) is 16.4. The predicted molar refractivity (Wildman–Crippen MR) is 69.4 cm³/mol. The number of carbonyl (C=O) groups excluding carboxylic acids is 1. The largest absolute Gasteiger partial charge is 0.272 e. The van der Waals surface area contributed by atoms with Crippen LogP contribution >= 0.6 is 11.3 Å². The van der Waals surface area contributed by atoms with Gasteiger partial charge in [0, 0.05) is 12.1 Å². The summed E-state index contributed by atoms with van der Waals surface area (Å²) in [6.07, 6.45) is 1.27. The number of benzene rings is 1. The average Bonchev–Trinajstić information content (AvgIpc) is 2.75. The summed E-state index contributed by atoms with van der Waals surface area (Å²) in [6, 6.07) is 7.86. The Morgan fingerprint density at radius 2 is 2.12 bits per heavy atom. The van der Waals surface area contributed by atoms with Crippen molar-refractivity contribution in [3.05, 3.63) is 24.3 Å². The lowest BCUT2D eigenvalue weighted by atomic mass is 10.2. The van der Waals surface area contributed by atoms with Crippen LogP contribution in [0, 0.1) is 0 Å². The molecule has 0 atom stereocenters. The van der Waals surface area contributed by atoms with Gasteiger partial charge in [-0.15, -0.1) is 0 Å². The van der Waals surface area contributed by atoms with Gasteiger partial charge in [0.2, 0.25) is 11.0 Å². The fourth-order valence-electron chi connectivity index (χ4n) is 1.77. The van der Waals surface area contributed by atoms with Crippen molar-refractivity contribution in [3.63, 3.8) is 0 Å². The topological polar surface area (TPSA) is 45.6 Å². The van der Waals surface area contributed by atoms with E-state index in [0.717, 1.165) is 22.3 Å². The third kappa shape index (κ3) is 1.82. The maximum atomic E-state index is 11.8. The van der Waals surface area contributed by atoms with Crippen molar-refractivity contribution in [1.29, 1.82) is 0 Å². The van der Waals surface area contributed by atoms with Crippen LogP contribution in [0.15, 0.2) is 29.4 Å². The number of carbonyl (C=O) groups is 1. The van der Waals surface area contributed by atoms with Gasteiger partial charge < -0.3 is 0 Å². The lowest BCUT2D eigenvalue weighted by molar-refractivity contribution is -0.118. The van der Waals surface area contributed by atoms with E-state index in [-0.39, 0.29) is 5.91 Å². The van der Waals surface area contributed by atoms with Crippen LogP contribution in [-0.2, 0) is 4.79 Å². The van der Waals surface area contributed by atoms with Crippen LogP contribution in [0.4, 0.5) is 5.13 Å².